The van der Waals surface area contributed by atoms with E-state index < -0.39 is 0 Å². The highest BCUT2D eigenvalue weighted by molar-refractivity contribution is 5.99. The second kappa shape index (κ2) is 7.47. The fourth-order valence-corrected chi connectivity index (χ4v) is 5.49. The van der Waals surface area contributed by atoms with E-state index in [-0.39, 0.29) is 0 Å². The molecule has 0 amide bonds. The zero-order valence-corrected chi connectivity index (χ0v) is 17.7. The molecule has 6 heteroatoms. The summed E-state index contributed by atoms with van der Waals surface area (Å²) in [6.07, 6.45) is 10.4. The highest BCUT2D eigenvalue weighted by Crippen LogP contribution is 2.50. The van der Waals surface area contributed by atoms with Crippen molar-refractivity contribution in [2.24, 2.45) is 12.0 Å². The number of nitrogens with zero attached hydrogens (tertiary/aromatic N) is 5. The number of para-hydroxylation sites is 1. The Morgan fingerprint density at radius 2 is 1.90 bits per heavy atom. The molecular weight excluding hydrogens is 360 g/mol. The lowest BCUT2D eigenvalue weighted by molar-refractivity contribution is 0.476. The first-order valence-corrected chi connectivity index (χ1v) is 11.2. The normalized spacial score (nSPS) is 21.3. The summed E-state index contributed by atoms with van der Waals surface area (Å²) in [4.78, 5) is 7.54. The molecule has 2 heterocycles. The zero-order chi connectivity index (χ0) is 19.8. The molecule has 2 aromatic rings. The summed E-state index contributed by atoms with van der Waals surface area (Å²) in [5.41, 5.74) is 3.16. The average molecular weight is 393 g/mol. The third kappa shape index (κ3) is 3.32. The van der Waals surface area contributed by atoms with Crippen LogP contribution in [-0.4, -0.2) is 33.3 Å². The van der Waals surface area contributed by atoms with Gasteiger partial charge in [0.2, 0.25) is 0 Å². The van der Waals surface area contributed by atoms with Gasteiger partial charge in [0.1, 0.15) is 12.4 Å². The standard InChI is InChI=1S/C23H32N6/c1-17-26-27-21(28(17)2)15-24-22(25-18-9-3-4-10-18)29-16-23(13-7-8-14-23)19-11-5-6-12-20(19)29/h5-6,11-12,18H,3-4,7-10,13-16H2,1-2H3,(H,24,25). The fraction of sp³-hybridized carbons (Fsp3) is 0.609. The van der Waals surface area contributed by atoms with E-state index in [0.717, 1.165) is 24.2 Å². The van der Waals surface area contributed by atoms with Gasteiger partial charge in [-0.15, -0.1) is 10.2 Å². The maximum absolute atomic E-state index is 5.08. The number of anilines is 1. The van der Waals surface area contributed by atoms with Crippen LogP contribution in [0.15, 0.2) is 29.3 Å². The van der Waals surface area contributed by atoms with E-state index >= 15 is 0 Å². The van der Waals surface area contributed by atoms with Crippen LogP contribution >= 0.6 is 0 Å². The minimum Gasteiger partial charge on any atom is -0.353 e. The Bertz CT molecular complexity index is 902. The van der Waals surface area contributed by atoms with Crippen LogP contribution in [0.1, 0.15) is 68.6 Å². The summed E-state index contributed by atoms with van der Waals surface area (Å²) < 4.78 is 2.03. The van der Waals surface area contributed by atoms with Crippen molar-refractivity contribution in [3.05, 3.63) is 41.5 Å². The molecule has 5 rings (SSSR count). The first-order valence-electron chi connectivity index (χ1n) is 11.2. The summed E-state index contributed by atoms with van der Waals surface area (Å²) in [7, 11) is 2.02. The van der Waals surface area contributed by atoms with Gasteiger partial charge in [-0.2, -0.15) is 0 Å². The first-order chi connectivity index (χ1) is 14.2. The quantitative estimate of drug-likeness (QED) is 0.637. The molecule has 1 spiro atoms. The van der Waals surface area contributed by atoms with Crippen LogP contribution < -0.4 is 10.2 Å². The van der Waals surface area contributed by atoms with E-state index in [1.54, 1.807) is 0 Å². The Labute approximate surface area is 173 Å². The molecule has 6 nitrogen and oxygen atoms in total. The van der Waals surface area contributed by atoms with E-state index in [1.807, 2.05) is 18.5 Å². The molecule has 2 aliphatic carbocycles. The number of aromatic nitrogens is 3. The predicted octanol–water partition coefficient (Wildman–Crippen LogP) is 3.84. The lowest BCUT2D eigenvalue weighted by Gasteiger charge is -2.28. The second-order valence-corrected chi connectivity index (χ2v) is 9.08. The van der Waals surface area contributed by atoms with Gasteiger partial charge in [0.05, 0.1) is 0 Å². The van der Waals surface area contributed by atoms with Gasteiger partial charge in [0.25, 0.3) is 0 Å². The maximum atomic E-state index is 5.08. The van der Waals surface area contributed by atoms with E-state index in [0.29, 0.717) is 18.0 Å². The molecule has 0 radical (unpaired) electrons. The van der Waals surface area contributed by atoms with E-state index in [2.05, 4.69) is 44.7 Å². The van der Waals surface area contributed by atoms with Crippen LogP contribution in [0.4, 0.5) is 5.69 Å². The summed E-state index contributed by atoms with van der Waals surface area (Å²) in [5, 5.41) is 12.3. The number of benzene rings is 1. The average Bonchev–Trinajstić information content (AvgIpc) is 3.52. The van der Waals surface area contributed by atoms with Gasteiger partial charge in [-0.1, -0.05) is 43.9 Å². The number of fused-ring (bicyclic) bond motifs is 2. The predicted molar refractivity (Wildman–Crippen MR) is 116 cm³/mol. The molecule has 1 aliphatic heterocycles. The van der Waals surface area contributed by atoms with Crippen molar-refractivity contribution < 1.29 is 0 Å². The molecular formula is C23H32N6. The molecule has 1 N–H and O–H groups in total. The van der Waals surface area contributed by atoms with Crippen molar-refractivity contribution in [1.29, 1.82) is 0 Å². The van der Waals surface area contributed by atoms with Crippen molar-refractivity contribution in [2.75, 3.05) is 11.4 Å². The van der Waals surface area contributed by atoms with Crippen molar-refractivity contribution in [1.82, 2.24) is 20.1 Å². The lowest BCUT2D eigenvalue weighted by atomic mass is 9.81. The van der Waals surface area contributed by atoms with Crippen LogP contribution in [-0.2, 0) is 19.0 Å². The summed E-state index contributed by atoms with van der Waals surface area (Å²) in [6, 6.07) is 9.52. The molecule has 0 unspecified atom stereocenters. The molecule has 0 bridgehead atoms. The molecule has 1 aromatic carbocycles. The van der Waals surface area contributed by atoms with Gasteiger partial charge in [-0.05, 0) is 44.2 Å². The number of nitrogens with one attached hydrogen (secondary N) is 1. The number of aryl methyl sites for hydroxylation is 1. The van der Waals surface area contributed by atoms with Crippen molar-refractivity contribution in [3.8, 4) is 0 Å². The number of aliphatic imine (C=N–C) groups is 1. The maximum Gasteiger partial charge on any atom is 0.199 e. The smallest absolute Gasteiger partial charge is 0.199 e. The number of hydrogen-bond acceptors (Lipinski definition) is 3. The topological polar surface area (TPSA) is 58.3 Å². The molecule has 29 heavy (non-hydrogen) atoms. The van der Waals surface area contributed by atoms with Crippen LogP contribution in [0.3, 0.4) is 0 Å². The van der Waals surface area contributed by atoms with Gasteiger partial charge in [-0.25, -0.2) is 4.99 Å². The Morgan fingerprint density at radius 1 is 1.14 bits per heavy atom. The van der Waals surface area contributed by atoms with E-state index in [1.165, 1.54) is 62.6 Å². The van der Waals surface area contributed by atoms with Crippen LogP contribution in [0.5, 0.6) is 0 Å². The Balaban J connectivity index is 1.48. The Hall–Kier alpha value is -2.37. The molecule has 154 valence electrons. The highest BCUT2D eigenvalue weighted by atomic mass is 15.3. The summed E-state index contributed by atoms with van der Waals surface area (Å²) in [6.45, 7) is 3.58. The SMILES string of the molecule is Cc1nnc(CN=C(NC2CCCC2)N2CC3(CCCC3)c3ccccc32)n1C. The Kier molecular flexibility index (Phi) is 4.80. The van der Waals surface area contributed by atoms with Crippen molar-refractivity contribution in [3.63, 3.8) is 0 Å². The Morgan fingerprint density at radius 3 is 2.62 bits per heavy atom. The molecule has 0 saturated heterocycles. The van der Waals surface area contributed by atoms with Gasteiger partial charge in [0, 0.05) is 30.7 Å². The second-order valence-electron chi connectivity index (χ2n) is 9.08. The zero-order valence-electron chi connectivity index (χ0n) is 17.7. The van der Waals surface area contributed by atoms with E-state index in [4.69, 9.17) is 4.99 Å². The van der Waals surface area contributed by atoms with Gasteiger partial charge < -0.3 is 14.8 Å². The monoisotopic (exact) mass is 392 g/mol. The molecule has 0 atom stereocenters. The molecule has 2 fully saturated rings. The van der Waals surface area contributed by atoms with Crippen LogP contribution in [0.2, 0.25) is 0 Å². The first kappa shape index (κ1) is 18.6. The van der Waals surface area contributed by atoms with Gasteiger partial charge >= 0.3 is 0 Å². The third-order valence-electron chi connectivity index (χ3n) is 7.28. The minimum atomic E-state index is 0.302. The molecule has 3 aliphatic rings. The number of guanidine groups is 1. The highest BCUT2D eigenvalue weighted by Gasteiger charge is 2.45. The molecule has 2 saturated carbocycles. The van der Waals surface area contributed by atoms with Crippen LogP contribution in [0, 0.1) is 6.92 Å². The van der Waals surface area contributed by atoms with E-state index in [9.17, 15) is 0 Å². The number of rotatable bonds is 3. The van der Waals surface area contributed by atoms with Crippen molar-refractivity contribution in [2.45, 2.75) is 76.3 Å². The number of hydrogen-bond donors (Lipinski definition) is 1. The largest absolute Gasteiger partial charge is 0.353 e. The summed E-state index contributed by atoms with van der Waals surface area (Å²) >= 11 is 0. The molecule has 1 aromatic heterocycles. The fourth-order valence-electron chi connectivity index (χ4n) is 5.49. The van der Waals surface area contributed by atoms with Crippen molar-refractivity contribution >= 4 is 11.6 Å². The van der Waals surface area contributed by atoms with Gasteiger partial charge in [-0.3, -0.25) is 0 Å². The third-order valence-corrected chi connectivity index (χ3v) is 7.28. The minimum absolute atomic E-state index is 0.302. The van der Waals surface area contributed by atoms with Gasteiger partial charge in [0.15, 0.2) is 11.8 Å². The lowest BCUT2D eigenvalue weighted by Crippen LogP contribution is -2.46. The summed E-state index contributed by atoms with van der Waals surface area (Å²) in [5.74, 6) is 2.86. The van der Waals surface area contributed by atoms with Crippen LogP contribution in [0.25, 0.3) is 0 Å².